The van der Waals surface area contributed by atoms with Gasteiger partial charge in [-0.15, -0.1) is 0 Å². The summed E-state index contributed by atoms with van der Waals surface area (Å²) in [6, 6.07) is 11.9. The van der Waals surface area contributed by atoms with Crippen molar-refractivity contribution in [1.82, 2.24) is 14.4 Å². The van der Waals surface area contributed by atoms with Crippen LogP contribution in [0.1, 0.15) is 0 Å². The molecule has 0 atom stereocenters. The number of hydrogen-bond donors (Lipinski definition) is 1. The SMILES string of the molecule is O=S(=O)(Nc1nc(F)ccc1F)c1cc(F)c(Oc2ccc(Cl)cc2-c2cccc3nccn23)cc1F. The second-order valence-corrected chi connectivity index (χ2v) is 9.68. The molecule has 0 aliphatic carbocycles. The van der Waals surface area contributed by atoms with Gasteiger partial charge in [0, 0.05) is 35.1 Å². The number of imidazole rings is 1. The van der Waals surface area contributed by atoms with Crippen LogP contribution < -0.4 is 9.46 Å². The Morgan fingerprint density at radius 1 is 0.892 bits per heavy atom. The number of ether oxygens (including phenoxy) is 1. The van der Waals surface area contributed by atoms with Crippen LogP contribution in [0.3, 0.4) is 0 Å². The summed E-state index contributed by atoms with van der Waals surface area (Å²) >= 11 is 6.17. The lowest BCUT2D eigenvalue weighted by atomic mass is 10.1. The number of halogens is 5. The van der Waals surface area contributed by atoms with Crippen LogP contribution in [0.15, 0.2) is 78.0 Å². The fourth-order valence-corrected chi connectivity index (χ4v) is 4.80. The van der Waals surface area contributed by atoms with Crippen LogP contribution in [-0.4, -0.2) is 22.8 Å². The molecule has 0 saturated heterocycles. The first-order valence-electron chi connectivity index (χ1n) is 10.4. The molecule has 0 amide bonds. The zero-order valence-electron chi connectivity index (χ0n) is 18.3. The molecule has 13 heteroatoms. The van der Waals surface area contributed by atoms with E-state index in [0.29, 0.717) is 46.2 Å². The molecular formula is C24H13ClF4N4O3S. The van der Waals surface area contributed by atoms with E-state index in [-0.39, 0.29) is 5.75 Å². The molecule has 0 radical (unpaired) electrons. The van der Waals surface area contributed by atoms with Gasteiger partial charge in [-0.1, -0.05) is 17.7 Å². The topological polar surface area (TPSA) is 85.6 Å². The lowest BCUT2D eigenvalue weighted by Crippen LogP contribution is -2.17. The standard InChI is InChI=1S/C24H13ClF4N4O3S/c25-13-4-6-19(14(10-13)18-2-1-3-23-30-8-9-33(18)23)36-20-11-17(28)21(12-16(20)27)37(34,35)32-24-15(26)5-7-22(29)31-24/h1-12H,(H,31,32). The van der Waals surface area contributed by atoms with Crippen molar-refractivity contribution in [3.05, 3.63) is 101 Å². The minimum atomic E-state index is -4.89. The minimum Gasteiger partial charge on any atom is -0.453 e. The Morgan fingerprint density at radius 2 is 1.70 bits per heavy atom. The van der Waals surface area contributed by atoms with E-state index in [9.17, 15) is 26.0 Å². The highest BCUT2D eigenvalue weighted by Gasteiger charge is 2.25. The van der Waals surface area contributed by atoms with E-state index in [2.05, 4.69) is 9.97 Å². The Labute approximate surface area is 212 Å². The van der Waals surface area contributed by atoms with Crippen molar-refractivity contribution >= 4 is 33.1 Å². The molecule has 37 heavy (non-hydrogen) atoms. The number of hydrogen-bond acceptors (Lipinski definition) is 5. The molecule has 5 rings (SSSR count). The highest BCUT2D eigenvalue weighted by atomic mass is 35.5. The van der Waals surface area contributed by atoms with Crippen LogP contribution in [0.5, 0.6) is 11.5 Å². The quantitative estimate of drug-likeness (QED) is 0.202. The minimum absolute atomic E-state index is 0.0867. The number of nitrogens with zero attached hydrogens (tertiary/aromatic N) is 3. The fourth-order valence-electron chi connectivity index (χ4n) is 3.54. The molecule has 0 bridgehead atoms. The molecule has 188 valence electrons. The summed E-state index contributed by atoms with van der Waals surface area (Å²) in [7, 11) is -4.89. The van der Waals surface area contributed by atoms with Crippen molar-refractivity contribution in [1.29, 1.82) is 0 Å². The van der Waals surface area contributed by atoms with Gasteiger partial charge < -0.3 is 4.74 Å². The molecule has 7 nitrogen and oxygen atoms in total. The maximum absolute atomic E-state index is 15.0. The molecule has 3 aromatic heterocycles. The summed E-state index contributed by atoms with van der Waals surface area (Å²) in [6.45, 7) is 0. The maximum atomic E-state index is 15.0. The average Bonchev–Trinajstić information content (AvgIpc) is 3.33. The highest BCUT2D eigenvalue weighted by molar-refractivity contribution is 7.92. The van der Waals surface area contributed by atoms with Crippen molar-refractivity contribution in [2.75, 3.05) is 4.72 Å². The van der Waals surface area contributed by atoms with Gasteiger partial charge in [-0.25, -0.2) is 26.6 Å². The van der Waals surface area contributed by atoms with E-state index in [0.717, 1.165) is 0 Å². The van der Waals surface area contributed by atoms with Crippen molar-refractivity contribution in [3.63, 3.8) is 0 Å². The van der Waals surface area contributed by atoms with Crippen molar-refractivity contribution in [2.24, 2.45) is 0 Å². The summed E-state index contributed by atoms with van der Waals surface area (Å²) in [5.41, 5.74) is 1.62. The second kappa shape index (κ2) is 9.37. The Bertz CT molecular complexity index is 1780. The number of anilines is 1. The van der Waals surface area contributed by atoms with Crippen LogP contribution >= 0.6 is 11.6 Å². The number of pyridine rings is 2. The van der Waals surface area contributed by atoms with Crippen molar-refractivity contribution in [2.45, 2.75) is 4.90 Å². The Balaban J connectivity index is 1.52. The van der Waals surface area contributed by atoms with Crippen LogP contribution in [0.25, 0.3) is 16.9 Å². The van der Waals surface area contributed by atoms with Crippen molar-refractivity contribution in [3.8, 4) is 22.8 Å². The predicted molar refractivity (Wildman–Crippen MR) is 127 cm³/mol. The van der Waals surface area contributed by atoms with Gasteiger partial charge in [-0.2, -0.15) is 9.37 Å². The van der Waals surface area contributed by atoms with Gasteiger partial charge in [0.1, 0.15) is 22.1 Å². The molecule has 0 saturated carbocycles. The summed E-state index contributed by atoms with van der Waals surface area (Å²) in [5, 5.41) is 0.344. The molecule has 0 unspecified atom stereocenters. The summed E-state index contributed by atoms with van der Waals surface area (Å²) in [5.74, 6) is -6.60. The van der Waals surface area contributed by atoms with Crippen molar-refractivity contribution < 1.29 is 30.7 Å². The van der Waals surface area contributed by atoms with Crippen LogP contribution in [0.2, 0.25) is 5.02 Å². The van der Waals surface area contributed by atoms with Crippen LogP contribution in [0, 0.1) is 23.4 Å². The lowest BCUT2D eigenvalue weighted by Gasteiger charge is -2.15. The molecule has 3 heterocycles. The number of nitrogens with one attached hydrogen (secondary N) is 1. The first-order valence-corrected chi connectivity index (χ1v) is 12.2. The molecule has 0 aliphatic rings. The fraction of sp³-hybridized carbons (Fsp3) is 0. The summed E-state index contributed by atoms with van der Waals surface area (Å²) in [6.07, 6.45) is 3.27. The second-order valence-electron chi connectivity index (χ2n) is 7.59. The van der Waals surface area contributed by atoms with Gasteiger partial charge in [-0.3, -0.25) is 9.12 Å². The molecule has 5 aromatic rings. The molecule has 1 N–H and O–H groups in total. The molecular weight excluding hydrogens is 536 g/mol. The summed E-state index contributed by atoms with van der Waals surface area (Å²) < 4.78 is 91.1. The Kier molecular flexibility index (Phi) is 6.21. The first kappa shape index (κ1) is 24.5. The van der Waals surface area contributed by atoms with E-state index < -0.39 is 49.9 Å². The first-order chi connectivity index (χ1) is 17.6. The molecule has 2 aromatic carbocycles. The number of aromatic nitrogens is 3. The zero-order valence-corrected chi connectivity index (χ0v) is 19.9. The number of benzene rings is 2. The maximum Gasteiger partial charge on any atom is 0.266 e. The molecule has 0 spiro atoms. The van der Waals surface area contributed by atoms with Crippen LogP contribution in [0.4, 0.5) is 23.4 Å². The van der Waals surface area contributed by atoms with E-state index in [1.807, 2.05) is 0 Å². The van der Waals surface area contributed by atoms with E-state index in [4.69, 9.17) is 16.3 Å². The smallest absolute Gasteiger partial charge is 0.266 e. The monoisotopic (exact) mass is 548 g/mol. The average molecular weight is 549 g/mol. The lowest BCUT2D eigenvalue weighted by molar-refractivity contribution is 0.433. The normalized spacial score (nSPS) is 11.6. The highest BCUT2D eigenvalue weighted by Crippen LogP contribution is 2.37. The van der Waals surface area contributed by atoms with Gasteiger partial charge in [-0.05, 0) is 42.5 Å². The third-order valence-electron chi connectivity index (χ3n) is 5.18. The third-order valence-corrected chi connectivity index (χ3v) is 6.77. The van der Waals surface area contributed by atoms with Gasteiger partial charge in [0.25, 0.3) is 10.0 Å². The van der Waals surface area contributed by atoms with Gasteiger partial charge in [0.05, 0.1) is 5.69 Å². The largest absolute Gasteiger partial charge is 0.453 e. The van der Waals surface area contributed by atoms with E-state index in [1.165, 1.54) is 12.1 Å². The predicted octanol–water partition coefficient (Wildman–Crippen LogP) is 6.20. The van der Waals surface area contributed by atoms with E-state index in [1.54, 1.807) is 45.8 Å². The number of sulfonamides is 1. The van der Waals surface area contributed by atoms with Gasteiger partial charge in [0.2, 0.25) is 5.95 Å². The Hall–Kier alpha value is -4.16. The van der Waals surface area contributed by atoms with Gasteiger partial charge in [0.15, 0.2) is 23.2 Å². The number of rotatable bonds is 6. The van der Waals surface area contributed by atoms with Crippen LogP contribution in [-0.2, 0) is 10.0 Å². The van der Waals surface area contributed by atoms with Gasteiger partial charge >= 0.3 is 0 Å². The number of fused-ring (bicyclic) bond motifs is 1. The molecule has 0 aliphatic heterocycles. The Morgan fingerprint density at radius 3 is 2.51 bits per heavy atom. The zero-order chi connectivity index (χ0) is 26.3. The summed E-state index contributed by atoms with van der Waals surface area (Å²) in [4.78, 5) is 6.13. The third kappa shape index (κ3) is 4.80. The van der Waals surface area contributed by atoms with E-state index >= 15 is 0 Å². The molecule has 0 fully saturated rings.